The van der Waals surface area contributed by atoms with Crippen molar-refractivity contribution in [1.29, 1.82) is 0 Å². The summed E-state index contributed by atoms with van der Waals surface area (Å²) in [6.07, 6.45) is 2.17. The van der Waals surface area contributed by atoms with E-state index >= 15 is 0 Å². The highest BCUT2D eigenvalue weighted by molar-refractivity contribution is 6.31. The highest BCUT2D eigenvalue weighted by Gasteiger charge is 2.21. The molecule has 2 heterocycles. The van der Waals surface area contributed by atoms with Gasteiger partial charge in [0, 0.05) is 36.6 Å². The number of halogens is 1. The minimum Gasteiger partial charge on any atom is -0.349 e. The number of nitrogens with one attached hydrogen (secondary N) is 1. The van der Waals surface area contributed by atoms with Gasteiger partial charge in [0.25, 0.3) is 5.91 Å². The lowest BCUT2D eigenvalue weighted by Gasteiger charge is -2.16. The van der Waals surface area contributed by atoms with Crippen LogP contribution in [0.3, 0.4) is 0 Å². The maximum Gasteiger partial charge on any atom is 0.345 e. The molecule has 0 saturated heterocycles. The van der Waals surface area contributed by atoms with Crippen LogP contribution >= 0.6 is 11.6 Å². The second-order valence-electron chi connectivity index (χ2n) is 5.94. The molecule has 0 aliphatic carbocycles. The number of amides is 1. The lowest BCUT2D eigenvalue weighted by atomic mass is 10.1. The van der Waals surface area contributed by atoms with Gasteiger partial charge in [-0.25, -0.2) is 9.48 Å². The van der Waals surface area contributed by atoms with Crippen molar-refractivity contribution in [1.82, 2.24) is 19.7 Å². The molecule has 1 aliphatic rings. The summed E-state index contributed by atoms with van der Waals surface area (Å²) >= 11 is 5.99. The minimum absolute atomic E-state index is 0.0323. The molecule has 3 rings (SSSR count). The summed E-state index contributed by atoms with van der Waals surface area (Å²) in [5, 5.41) is 7.94. The molecule has 1 aromatic heterocycles. The molecule has 1 aliphatic heterocycles. The van der Waals surface area contributed by atoms with Gasteiger partial charge in [0.1, 0.15) is 5.82 Å². The molecule has 6 nitrogen and oxygen atoms in total. The largest absolute Gasteiger partial charge is 0.349 e. The number of aromatic nitrogens is 3. The molecule has 1 N–H and O–H groups in total. The summed E-state index contributed by atoms with van der Waals surface area (Å²) in [5.74, 6) is 0.679. The summed E-state index contributed by atoms with van der Waals surface area (Å²) in [4.78, 5) is 24.3. The van der Waals surface area contributed by atoms with Gasteiger partial charge in [0.05, 0.1) is 0 Å². The number of nitrogens with zero attached hydrogens (tertiary/aromatic N) is 3. The highest BCUT2D eigenvalue weighted by atomic mass is 35.5. The number of carbonyl (C=O) groups is 1. The Balaban J connectivity index is 1.68. The van der Waals surface area contributed by atoms with Gasteiger partial charge in [0.2, 0.25) is 0 Å². The maximum absolute atomic E-state index is 12.4. The molecule has 0 radical (unpaired) electrons. The van der Waals surface area contributed by atoms with Gasteiger partial charge in [0.15, 0.2) is 0 Å². The molecule has 23 heavy (non-hydrogen) atoms. The number of fused-ring (bicyclic) bond motifs is 1. The van der Waals surface area contributed by atoms with Crippen LogP contribution in [-0.4, -0.2) is 26.3 Å². The zero-order valence-electron chi connectivity index (χ0n) is 13.2. The third kappa shape index (κ3) is 3.17. The average molecular weight is 335 g/mol. The molecule has 1 unspecified atom stereocenters. The van der Waals surface area contributed by atoms with Gasteiger partial charge in [-0.05, 0) is 43.5 Å². The van der Waals surface area contributed by atoms with E-state index in [0.29, 0.717) is 23.6 Å². The first kappa shape index (κ1) is 15.8. The SMILES string of the molecule is Cc1cc(C(=O)NC2CCc3nn(C)c(=O)n3CC2)ccc1Cl. The molecule has 1 amide bonds. The Labute approximate surface area is 139 Å². The molecule has 0 bridgehead atoms. The third-order valence-electron chi connectivity index (χ3n) is 4.26. The van der Waals surface area contributed by atoms with Gasteiger partial charge in [-0.3, -0.25) is 9.36 Å². The molecular weight excluding hydrogens is 316 g/mol. The summed E-state index contributed by atoms with van der Waals surface area (Å²) in [5.41, 5.74) is 1.38. The average Bonchev–Trinajstić information content (AvgIpc) is 2.68. The first-order valence-corrected chi connectivity index (χ1v) is 8.03. The van der Waals surface area contributed by atoms with E-state index in [1.807, 2.05) is 6.92 Å². The predicted molar refractivity (Wildman–Crippen MR) is 87.8 cm³/mol. The second kappa shape index (κ2) is 6.20. The van der Waals surface area contributed by atoms with Crippen molar-refractivity contribution in [2.24, 2.45) is 7.05 Å². The zero-order valence-corrected chi connectivity index (χ0v) is 13.9. The predicted octanol–water partition coefficient (Wildman–Crippen LogP) is 1.68. The summed E-state index contributed by atoms with van der Waals surface area (Å²) < 4.78 is 3.06. The second-order valence-corrected chi connectivity index (χ2v) is 6.34. The lowest BCUT2D eigenvalue weighted by molar-refractivity contribution is 0.0933. The van der Waals surface area contributed by atoms with E-state index in [9.17, 15) is 9.59 Å². The molecule has 1 atom stereocenters. The van der Waals surface area contributed by atoms with E-state index in [1.54, 1.807) is 29.8 Å². The van der Waals surface area contributed by atoms with Gasteiger partial charge in [-0.1, -0.05) is 11.6 Å². The molecule has 7 heteroatoms. The van der Waals surface area contributed by atoms with E-state index in [4.69, 9.17) is 11.6 Å². The van der Waals surface area contributed by atoms with Gasteiger partial charge in [-0.2, -0.15) is 5.10 Å². The number of hydrogen-bond acceptors (Lipinski definition) is 3. The fourth-order valence-corrected chi connectivity index (χ4v) is 3.01. The minimum atomic E-state index is -0.109. The van der Waals surface area contributed by atoms with Gasteiger partial charge in [-0.15, -0.1) is 0 Å². The fourth-order valence-electron chi connectivity index (χ4n) is 2.90. The standard InChI is InChI=1S/C16H19ClN4O2/c1-10-9-11(3-5-13(10)17)15(22)18-12-4-6-14-19-20(2)16(23)21(14)8-7-12/h3,5,9,12H,4,6-8H2,1-2H3,(H,18,22). The van der Waals surface area contributed by atoms with Crippen LogP contribution in [0.25, 0.3) is 0 Å². The molecule has 0 spiro atoms. The molecule has 0 saturated carbocycles. The lowest BCUT2D eigenvalue weighted by Crippen LogP contribution is -2.35. The summed E-state index contributed by atoms with van der Waals surface area (Å²) in [6, 6.07) is 5.28. The zero-order chi connectivity index (χ0) is 16.6. The number of aryl methyl sites for hydroxylation is 3. The van der Waals surface area contributed by atoms with E-state index in [2.05, 4.69) is 10.4 Å². The van der Waals surface area contributed by atoms with Crippen molar-refractivity contribution in [3.63, 3.8) is 0 Å². The molecule has 0 fully saturated rings. The van der Waals surface area contributed by atoms with Gasteiger partial charge >= 0.3 is 5.69 Å². The van der Waals surface area contributed by atoms with Crippen LogP contribution in [0.4, 0.5) is 0 Å². The highest BCUT2D eigenvalue weighted by Crippen LogP contribution is 2.17. The Morgan fingerprint density at radius 2 is 2.17 bits per heavy atom. The van der Waals surface area contributed by atoms with E-state index in [0.717, 1.165) is 24.2 Å². The number of benzene rings is 1. The van der Waals surface area contributed by atoms with Crippen LogP contribution in [0.5, 0.6) is 0 Å². The van der Waals surface area contributed by atoms with Crippen LogP contribution in [-0.2, 0) is 20.0 Å². The van der Waals surface area contributed by atoms with Gasteiger partial charge < -0.3 is 5.32 Å². The van der Waals surface area contributed by atoms with Crippen LogP contribution in [0, 0.1) is 6.92 Å². The van der Waals surface area contributed by atoms with Crippen molar-refractivity contribution in [3.8, 4) is 0 Å². The Morgan fingerprint density at radius 1 is 1.39 bits per heavy atom. The molecule has 1 aromatic carbocycles. The quantitative estimate of drug-likeness (QED) is 0.908. The smallest absolute Gasteiger partial charge is 0.345 e. The maximum atomic E-state index is 12.4. The van der Waals surface area contributed by atoms with E-state index in [-0.39, 0.29) is 17.6 Å². The third-order valence-corrected chi connectivity index (χ3v) is 4.68. The van der Waals surface area contributed by atoms with Crippen LogP contribution < -0.4 is 11.0 Å². The topological polar surface area (TPSA) is 68.9 Å². The Morgan fingerprint density at radius 3 is 2.91 bits per heavy atom. The number of rotatable bonds is 2. The van der Waals surface area contributed by atoms with Crippen LogP contribution in [0.1, 0.15) is 34.6 Å². The van der Waals surface area contributed by atoms with E-state index < -0.39 is 0 Å². The summed E-state index contributed by atoms with van der Waals surface area (Å²) in [7, 11) is 1.66. The Hall–Kier alpha value is -2.08. The molecular formula is C16H19ClN4O2. The van der Waals surface area contributed by atoms with Crippen molar-refractivity contribution in [2.75, 3.05) is 0 Å². The first-order valence-electron chi connectivity index (χ1n) is 7.65. The fraction of sp³-hybridized carbons (Fsp3) is 0.438. The van der Waals surface area contributed by atoms with Crippen LogP contribution in [0.15, 0.2) is 23.0 Å². The number of hydrogen-bond donors (Lipinski definition) is 1. The van der Waals surface area contributed by atoms with E-state index in [1.165, 1.54) is 4.68 Å². The normalized spacial score (nSPS) is 17.4. The van der Waals surface area contributed by atoms with Crippen molar-refractivity contribution in [2.45, 2.75) is 38.8 Å². The number of carbonyl (C=O) groups excluding carboxylic acids is 1. The van der Waals surface area contributed by atoms with Crippen molar-refractivity contribution in [3.05, 3.63) is 50.7 Å². The Bertz CT molecular complexity index is 809. The van der Waals surface area contributed by atoms with Crippen molar-refractivity contribution < 1.29 is 4.79 Å². The molecule has 122 valence electrons. The van der Waals surface area contributed by atoms with Crippen LogP contribution in [0.2, 0.25) is 5.02 Å². The Kier molecular flexibility index (Phi) is 4.26. The first-order chi connectivity index (χ1) is 11.0. The van der Waals surface area contributed by atoms with Crippen molar-refractivity contribution >= 4 is 17.5 Å². The summed E-state index contributed by atoms with van der Waals surface area (Å²) in [6.45, 7) is 2.45. The monoisotopic (exact) mass is 334 g/mol. The molecule has 2 aromatic rings.